The molecule has 12 nitrogen and oxygen atoms in total. The summed E-state index contributed by atoms with van der Waals surface area (Å²) < 4.78 is 30.5. The number of azo groups is 1. The average molecular weight is 567 g/mol. The van der Waals surface area contributed by atoms with Crippen LogP contribution < -0.4 is 0 Å². The predicted molar refractivity (Wildman–Crippen MR) is 140 cm³/mol. The molecular formula is C28H42N2O10. The van der Waals surface area contributed by atoms with Crippen LogP contribution >= 0.6 is 0 Å². The molecular weight excluding hydrogens is 524 g/mol. The SMILES string of the molecule is C1=COCC1.C1=C[C@@H]2CCO[C@@H]2O1.CCC(=O)N=NC=O.CCOC(=O)C1C2CCOC21.OCC1C2CCOC12. The quantitative estimate of drug-likeness (QED) is 0.299. The molecule has 0 radical (unpaired) electrons. The Morgan fingerprint density at radius 3 is 2.23 bits per heavy atom. The predicted octanol–water partition coefficient (Wildman–Crippen LogP) is 2.94. The average Bonchev–Trinajstić information content (AvgIpc) is 3.56. The molecule has 5 fully saturated rings. The van der Waals surface area contributed by atoms with Gasteiger partial charge in [-0.05, 0) is 44.3 Å². The third-order valence-electron chi connectivity index (χ3n) is 7.38. The van der Waals surface area contributed by atoms with Crippen LogP contribution in [0.1, 0.15) is 46.0 Å². The summed E-state index contributed by atoms with van der Waals surface area (Å²) in [6.45, 7) is 7.78. The number of carbonyl (C=O) groups excluding carboxylic acids is 3. The second-order valence-electron chi connectivity index (χ2n) is 9.96. The normalized spacial score (nSPS) is 34.0. The maximum absolute atomic E-state index is 11.1. The fourth-order valence-electron chi connectivity index (χ4n) is 5.05. The lowest BCUT2D eigenvalue weighted by Gasteiger charge is -2.05. The van der Waals surface area contributed by atoms with E-state index in [9.17, 15) is 14.4 Å². The number of fused-ring (bicyclic) bond motifs is 3. The number of hydrogen-bond donors (Lipinski definition) is 1. The van der Waals surface area contributed by atoms with Gasteiger partial charge in [0.15, 0.2) is 0 Å². The summed E-state index contributed by atoms with van der Waals surface area (Å²) >= 11 is 0. The number of esters is 1. The van der Waals surface area contributed by atoms with E-state index in [4.69, 9.17) is 33.5 Å². The Balaban J connectivity index is 0.000000140. The minimum Gasteiger partial charge on any atom is -0.501 e. The van der Waals surface area contributed by atoms with Gasteiger partial charge < -0.3 is 33.5 Å². The van der Waals surface area contributed by atoms with Crippen LogP contribution in [0, 0.1) is 29.6 Å². The van der Waals surface area contributed by atoms with Gasteiger partial charge in [-0.1, -0.05) is 6.92 Å². The molecule has 7 aliphatic rings. The lowest BCUT2D eigenvalue weighted by Crippen LogP contribution is -2.12. The number of ether oxygens (including phenoxy) is 6. The Labute approximate surface area is 235 Å². The molecule has 0 spiro atoms. The molecule has 2 amide bonds. The van der Waals surface area contributed by atoms with Crippen molar-refractivity contribution >= 4 is 18.3 Å². The van der Waals surface area contributed by atoms with Crippen LogP contribution in [0.15, 0.2) is 34.9 Å². The van der Waals surface area contributed by atoms with E-state index in [1.165, 1.54) is 6.42 Å². The molecule has 0 bridgehead atoms. The topological polar surface area (TPSA) is 152 Å². The molecule has 0 aromatic heterocycles. The Hall–Kier alpha value is -2.67. The third-order valence-corrected chi connectivity index (χ3v) is 7.38. The van der Waals surface area contributed by atoms with Gasteiger partial charge in [0.05, 0.1) is 50.5 Å². The number of hydrogen-bond acceptors (Lipinski definition) is 10. The lowest BCUT2D eigenvalue weighted by atomic mass is 10.1. The van der Waals surface area contributed by atoms with Crippen molar-refractivity contribution < 1.29 is 47.9 Å². The maximum Gasteiger partial charge on any atom is 0.311 e. The summed E-state index contributed by atoms with van der Waals surface area (Å²) in [6.07, 6.45) is 13.2. The highest BCUT2D eigenvalue weighted by Gasteiger charge is 2.59. The molecule has 0 aromatic carbocycles. The smallest absolute Gasteiger partial charge is 0.311 e. The summed E-state index contributed by atoms with van der Waals surface area (Å²) in [5.41, 5.74) is 0. The largest absolute Gasteiger partial charge is 0.501 e. The number of aliphatic hydroxyl groups excluding tert-OH is 1. The second-order valence-corrected chi connectivity index (χ2v) is 9.96. The Morgan fingerprint density at radius 2 is 1.75 bits per heavy atom. The first kappa shape index (κ1) is 31.9. The Kier molecular flexibility index (Phi) is 13.7. The van der Waals surface area contributed by atoms with Gasteiger partial charge in [0.25, 0.3) is 12.3 Å². The van der Waals surface area contributed by atoms with Crippen molar-refractivity contribution in [3.63, 3.8) is 0 Å². The van der Waals surface area contributed by atoms with Crippen molar-refractivity contribution in [2.45, 2.75) is 64.4 Å². The minimum atomic E-state index is -0.378. The van der Waals surface area contributed by atoms with Crippen molar-refractivity contribution in [2.75, 3.05) is 39.6 Å². The number of rotatable bonds is 5. The number of carbonyl (C=O) groups is 3. The highest BCUT2D eigenvalue weighted by molar-refractivity contribution is 5.77. The van der Waals surface area contributed by atoms with Crippen LogP contribution in [0.5, 0.6) is 0 Å². The third kappa shape index (κ3) is 9.76. The number of nitrogens with zero attached hydrogens (tertiary/aromatic N) is 2. The van der Waals surface area contributed by atoms with Crippen LogP contribution in [-0.2, 0) is 42.8 Å². The number of aliphatic hydroxyl groups is 1. The molecule has 5 aliphatic heterocycles. The highest BCUT2D eigenvalue weighted by atomic mass is 16.7. The van der Waals surface area contributed by atoms with Crippen molar-refractivity contribution in [1.29, 1.82) is 0 Å². The van der Waals surface area contributed by atoms with Gasteiger partial charge in [-0.25, -0.2) is 0 Å². The Morgan fingerprint density at radius 1 is 1.00 bits per heavy atom. The fourth-order valence-corrected chi connectivity index (χ4v) is 5.05. The molecule has 1 N–H and O–H groups in total. The Bertz CT molecular complexity index is 862. The van der Waals surface area contributed by atoms with E-state index in [2.05, 4.69) is 16.3 Å². The van der Waals surface area contributed by atoms with Crippen LogP contribution in [0.25, 0.3) is 0 Å². The van der Waals surface area contributed by atoms with Crippen LogP contribution in [0.2, 0.25) is 0 Å². The minimum absolute atomic E-state index is 0.0648. The van der Waals surface area contributed by atoms with Crippen molar-refractivity contribution in [3.8, 4) is 0 Å². The summed E-state index contributed by atoms with van der Waals surface area (Å²) in [4.78, 5) is 30.7. The van der Waals surface area contributed by atoms with Crippen molar-refractivity contribution in [3.05, 3.63) is 24.7 Å². The van der Waals surface area contributed by atoms with Crippen LogP contribution in [0.3, 0.4) is 0 Å². The molecule has 5 heterocycles. The molecule has 3 saturated heterocycles. The van der Waals surface area contributed by atoms with Crippen LogP contribution in [-0.4, -0.2) is 81.5 Å². The van der Waals surface area contributed by atoms with E-state index >= 15 is 0 Å². The molecule has 0 aromatic rings. The summed E-state index contributed by atoms with van der Waals surface area (Å²) in [5.74, 6) is 1.88. The van der Waals surface area contributed by atoms with Gasteiger partial charge in [0.1, 0.15) is 0 Å². The number of amides is 2. The monoisotopic (exact) mass is 566 g/mol. The molecule has 6 unspecified atom stereocenters. The zero-order chi connectivity index (χ0) is 28.7. The molecule has 40 heavy (non-hydrogen) atoms. The van der Waals surface area contributed by atoms with Crippen molar-refractivity contribution in [1.82, 2.24) is 0 Å². The van der Waals surface area contributed by atoms with Gasteiger partial charge in [0.2, 0.25) is 6.29 Å². The van der Waals surface area contributed by atoms with Gasteiger partial charge in [0, 0.05) is 50.4 Å². The maximum atomic E-state index is 11.1. The molecule has 2 saturated carbocycles. The first-order valence-electron chi connectivity index (χ1n) is 14.1. The summed E-state index contributed by atoms with van der Waals surface area (Å²) in [7, 11) is 0. The van der Waals surface area contributed by atoms with E-state index in [1.807, 2.05) is 13.0 Å². The lowest BCUT2D eigenvalue weighted by molar-refractivity contribution is -0.146. The van der Waals surface area contributed by atoms with E-state index < -0.39 is 0 Å². The standard InChI is InChI=1S/C8H12O3.C6H8O2.C6H10O2.C4H6N2O2.C4H6O/c1-2-10-8(9)6-5-3-4-11-7(5)6;1-3-7-6-5(1)2-4-8-6;7-3-5-4-1-2-8-6(4)5;1-2-4(8)6-5-3-7;1-2-4-5-3-1/h5-7H,2-4H2,1H3;1,3,5-6H,2,4H2;4-7H,1-3H2;3H,2H2,1H3;1,3H,2,4H2/t;5-,6+;;;/m.1.../s1. The molecule has 2 aliphatic carbocycles. The van der Waals surface area contributed by atoms with E-state index in [-0.39, 0.29) is 43.0 Å². The first-order valence-corrected chi connectivity index (χ1v) is 14.1. The van der Waals surface area contributed by atoms with Crippen molar-refractivity contribution in [2.24, 2.45) is 39.8 Å². The van der Waals surface area contributed by atoms with Gasteiger partial charge >= 0.3 is 5.97 Å². The van der Waals surface area contributed by atoms with E-state index in [0.29, 0.717) is 37.1 Å². The molecule has 8 atom stereocenters. The second kappa shape index (κ2) is 17.2. The molecule has 224 valence electrons. The van der Waals surface area contributed by atoms with E-state index in [1.54, 1.807) is 19.4 Å². The highest BCUT2D eigenvalue weighted by Crippen LogP contribution is 2.49. The zero-order valence-corrected chi connectivity index (χ0v) is 23.3. The first-order chi connectivity index (χ1) is 19.5. The van der Waals surface area contributed by atoms with Gasteiger partial charge in [-0.3, -0.25) is 14.4 Å². The van der Waals surface area contributed by atoms with Crippen LogP contribution in [0.4, 0.5) is 0 Å². The molecule has 7 rings (SSSR count). The zero-order valence-electron chi connectivity index (χ0n) is 23.3. The molecule has 12 heteroatoms. The van der Waals surface area contributed by atoms with Gasteiger partial charge in [-0.2, -0.15) is 0 Å². The van der Waals surface area contributed by atoms with Gasteiger partial charge in [-0.15, -0.1) is 10.2 Å². The fraction of sp³-hybridized carbons (Fsp3) is 0.750. The summed E-state index contributed by atoms with van der Waals surface area (Å²) in [5, 5.41) is 14.4. The summed E-state index contributed by atoms with van der Waals surface area (Å²) in [6, 6.07) is 0. The van der Waals surface area contributed by atoms with E-state index in [0.717, 1.165) is 51.6 Å².